The molecule has 0 spiro atoms. The van der Waals surface area contributed by atoms with E-state index >= 15 is 0 Å². The van der Waals surface area contributed by atoms with Crippen molar-refractivity contribution in [1.29, 1.82) is 0 Å². The van der Waals surface area contributed by atoms with Crippen LogP contribution in [0.1, 0.15) is 41.6 Å². The smallest absolute Gasteiger partial charge is 0.248 e. The van der Waals surface area contributed by atoms with Crippen molar-refractivity contribution in [2.24, 2.45) is 27.8 Å². The largest absolute Gasteiger partial charge is 0.373 e. The highest BCUT2D eigenvalue weighted by Crippen LogP contribution is 2.51. The molecule has 1 saturated heterocycles. The number of primary amides is 1. The Hall–Kier alpha value is -1.76. The third-order valence-corrected chi connectivity index (χ3v) is 6.56. The lowest BCUT2D eigenvalue weighted by molar-refractivity contribution is -0.168. The molecule has 3 aliphatic rings. The van der Waals surface area contributed by atoms with Gasteiger partial charge in [-0.3, -0.25) is 4.79 Å². The molecule has 28 heavy (non-hydrogen) atoms. The number of hydrogen-bond donors (Lipinski definition) is 1. The highest BCUT2D eigenvalue weighted by molar-refractivity contribution is 5.92. The Bertz CT molecular complexity index is 765. The van der Waals surface area contributed by atoms with E-state index in [-0.39, 0.29) is 23.9 Å². The molecule has 1 saturated carbocycles. The first-order valence-corrected chi connectivity index (χ1v) is 9.86. The minimum Gasteiger partial charge on any atom is -0.373 e. The highest BCUT2D eigenvalue weighted by atomic mass is 35.5. The van der Waals surface area contributed by atoms with Crippen LogP contribution in [0.3, 0.4) is 0 Å². The highest BCUT2D eigenvalue weighted by Gasteiger charge is 2.53. The summed E-state index contributed by atoms with van der Waals surface area (Å²) >= 11 is 0. The number of rotatable bonds is 6. The molecule has 152 valence electrons. The van der Waals surface area contributed by atoms with Gasteiger partial charge in [0.15, 0.2) is 0 Å². The Labute approximate surface area is 172 Å². The zero-order chi connectivity index (χ0) is 18.9. The molecule has 1 aromatic carbocycles. The second kappa shape index (κ2) is 8.72. The molecule has 1 aliphatic carbocycles. The molecule has 2 aliphatic heterocycles. The van der Waals surface area contributed by atoms with Crippen LogP contribution in [0.2, 0.25) is 0 Å². The summed E-state index contributed by atoms with van der Waals surface area (Å²) in [5, 5.41) is 8.01. The first-order chi connectivity index (χ1) is 13.1. The van der Waals surface area contributed by atoms with E-state index in [2.05, 4.69) is 21.2 Å². The number of methoxy groups -OCH3 is 1. The molecule has 0 aromatic heterocycles. The molecule has 0 radical (unpaired) electrons. The van der Waals surface area contributed by atoms with Crippen LogP contribution < -0.4 is 5.73 Å². The number of ether oxygens (including phenoxy) is 1. The van der Waals surface area contributed by atoms with Gasteiger partial charge in [-0.2, -0.15) is 10.2 Å². The SMILES string of the molecule is COC1(c2cccc(C(N)=O)c2)C2CCCC1CN(CCC1=CN=NC1)C2.Cl. The molecule has 2 bridgehead atoms. The summed E-state index contributed by atoms with van der Waals surface area (Å²) in [6.45, 7) is 3.84. The van der Waals surface area contributed by atoms with Crippen LogP contribution in [-0.4, -0.2) is 44.1 Å². The standard InChI is InChI=1S/C21H28N4O2.ClH/c1-27-21(17-5-2-4-16(10-17)20(22)26)18-6-3-7-19(21)14-25(13-18)9-8-15-11-23-24-12-15;/h2,4-5,10-11,18-19H,3,6-9,12-14H2,1H3,(H2,22,26);1H. The summed E-state index contributed by atoms with van der Waals surface area (Å²) in [5.74, 6) is 0.460. The van der Waals surface area contributed by atoms with E-state index in [4.69, 9.17) is 10.5 Å². The fourth-order valence-electron chi connectivity index (χ4n) is 5.29. The molecule has 6 nitrogen and oxygen atoms in total. The number of carbonyl (C=O) groups excluding carboxylic acids is 1. The van der Waals surface area contributed by atoms with Gasteiger partial charge in [-0.05, 0) is 42.5 Å². The van der Waals surface area contributed by atoms with Crippen molar-refractivity contribution >= 4 is 18.3 Å². The van der Waals surface area contributed by atoms with E-state index in [0.717, 1.165) is 51.0 Å². The van der Waals surface area contributed by atoms with Crippen LogP contribution in [0, 0.1) is 11.8 Å². The third kappa shape index (κ3) is 3.73. The van der Waals surface area contributed by atoms with E-state index in [9.17, 15) is 4.79 Å². The second-order valence-electron chi connectivity index (χ2n) is 7.98. The Balaban J connectivity index is 0.00000225. The van der Waals surface area contributed by atoms with Gasteiger partial charge in [0.1, 0.15) is 5.60 Å². The van der Waals surface area contributed by atoms with Gasteiger partial charge >= 0.3 is 0 Å². The molecule has 7 heteroatoms. The summed E-state index contributed by atoms with van der Waals surface area (Å²) in [4.78, 5) is 14.3. The summed E-state index contributed by atoms with van der Waals surface area (Å²) < 4.78 is 6.27. The van der Waals surface area contributed by atoms with E-state index in [1.807, 2.05) is 25.4 Å². The third-order valence-electron chi connectivity index (χ3n) is 6.56. The predicted octanol–water partition coefficient (Wildman–Crippen LogP) is 3.52. The van der Waals surface area contributed by atoms with Gasteiger partial charge in [-0.1, -0.05) is 18.6 Å². The van der Waals surface area contributed by atoms with Crippen LogP contribution in [0.15, 0.2) is 46.3 Å². The van der Waals surface area contributed by atoms with Crippen molar-refractivity contribution in [1.82, 2.24) is 4.90 Å². The van der Waals surface area contributed by atoms with E-state index in [1.165, 1.54) is 12.0 Å². The minimum atomic E-state index is -0.383. The molecule has 1 aromatic rings. The zero-order valence-corrected chi connectivity index (χ0v) is 17.2. The fraction of sp³-hybridized carbons (Fsp3) is 0.571. The molecule has 2 heterocycles. The number of benzene rings is 1. The van der Waals surface area contributed by atoms with E-state index in [0.29, 0.717) is 17.4 Å². The maximum atomic E-state index is 11.7. The number of carbonyl (C=O) groups is 1. The Kier molecular flexibility index (Phi) is 6.53. The molecule has 2 unspecified atom stereocenters. The number of nitrogens with two attached hydrogens (primary N) is 1. The Morgan fingerprint density at radius 1 is 1.32 bits per heavy atom. The topological polar surface area (TPSA) is 80.3 Å². The van der Waals surface area contributed by atoms with Crippen LogP contribution in [0.25, 0.3) is 0 Å². The van der Waals surface area contributed by atoms with Gasteiger partial charge in [-0.15, -0.1) is 12.4 Å². The van der Waals surface area contributed by atoms with E-state index < -0.39 is 0 Å². The average molecular weight is 405 g/mol. The van der Waals surface area contributed by atoms with Gasteiger partial charge in [0.25, 0.3) is 0 Å². The zero-order valence-electron chi connectivity index (χ0n) is 16.3. The van der Waals surface area contributed by atoms with Crippen molar-refractivity contribution in [2.75, 3.05) is 33.3 Å². The van der Waals surface area contributed by atoms with Crippen molar-refractivity contribution in [2.45, 2.75) is 31.3 Å². The summed E-state index contributed by atoms with van der Waals surface area (Å²) in [6.07, 6.45) is 6.47. The first kappa shape index (κ1) is 21.0. The number of likely N-dealkylation sites (tertiary alicyclic amines) is 1. The Morgan fingerprint density at radius 3 is 2.68 bits per heavy atom. The van der Waals surface area contributed by atoms with Crippen LogP contribution in [-0.2, 0) is 10.3 Å². The summed E-state index contributed by atoms with van der Waals surface area (Å²) in [7, 11) is 1.82. The lowest BCUT2D eigenvalue weighted by Crippen LogP contribution is -2.59. The van der Waals surface area contributed by atoms with Crippen LogP contribution >= 0.6 is 12.4 Å². The number of piperidine rings is 1. The Morgan fingerprint density at radius 2 is 2.07 bits per heavy atom. The molecule has 2 atom stereocenters. The predicted molar refractivity (Wildman–Crippen MR) is 111 cm³/mol. The van der Waals surface area contributed by atoms with Crippen molar-refractivity contribution in [3.63, 3.8) is 0 Å². The number of amides is 1. The fourth-order valence-corrected chi connectivity index (χ4v) is 5.29. The lowest BCUT2D eigenvalue weighted by atomic mass is 9.62. The maximum absolute atomic E-state index is 11.7. The number of azo groups is 1. The van der Waals surface area contributed by atoms with Gasteiger partial charge in [0, 0.05) is 44.1 Å². The lowest BCUT2D eigenvalue weighted by Gasteiger charge is -2.55. The van der Waals surface area contributed by atoms with Crippen molar-refractivity contribution in [3.8, 4) is 0 Å². The van der Waals surface area contributed by atoms with Crippen LogP contribution in [0.5, 0.6) is 0 Å². The number of nitrogens with zero attached hydrogens (tertiary/aromatic N) is 3. The first-order valence-electron chi connectivity index (χ1n) is 9.86. The van der Waals surface area contributed by atoms with Crippen molar-refractivity contribution in [3.05, 3.63) is 47.2 Å². The van der Waals surface area contributed by atoms with Gasteiger partial charge in [0.2, 0.25) is 5.91 Å². The van der Waals surface area contributed by atoms with Gasteiger partial charge < -0.3 is 15.4 Å². The number of fused-ring (bicyclic) bond motifs is 2. The second-order valence-corrected chi connectivity index (χ2v) is 7.98. The number of halogens is 1. The molecule has 1 amide bonds. The van der Waals surface area contributed by atoms with Gasteiger partial charge in [-0.25, -0.2) is 0 Å². The minimum absolute atomic E-state index is 0. The summed E-state index contributed by atoms with van der Waals surface area (Å²) in [5.41, 5.74) is 8.18. The monoisotopic (exact) mass is 404 g/mol. The average Bonchev–Trinajstić information content (AvgIpc) is 3.19. The molecule has 4 rings (SSSR count). The quantitative estimate of drug-likeness (QED) is 0.787. The molecular formula is C21H29ClN4O2. The van der Waals surface area contributed by atoms with Crippen molar-refractivity contribution < 1.29 is 9.53 Å². The summed E-state index contributed by atoms with van der Waals surface area (Å²) in [6, 6.07) is 7.76. The van der Waals surface area contributed by atoms with Crippen LogP contribution in [0.4, 0.5) is 0 Å². The maximum Gasteiger partial charge on any atom is 0.248 e. The molecule has 2 fully saturated rings. The number of hydrogen-bond acceptors (Lipinski definition) is 5. The molecular weight excluding hydrogens is 376 g/mol. The molecule has 2 N–H and O–H groups in total. The normalized spacial score (nSPS) is 29.2. The van der Waals surface area contributed by atoms with Gasteiger partial charge in [0.05, 0.1) is 12.7 Å². The van der Waals surface area contributed by atoms with E-state index in [1.54, 1.807) is 6.07 Å².